The van der Waals surface area contributed by atoms with Crippen LogP contribution in [-0.2, 0) is 0 Å². The van der Waals surface area contributed by atoms with Gasteiger partial charge in [0.2, 0.25) is 0 Å². The molecule has 1 heterocycles. The van der Waals surface area contributed by atoms with Crippen molar-refractivity contribution in [3.05, 3.63) is 105 Å². The standard InChI is InChI=1S/C24H21Cl2FN2O/c25-19-11-9-18(10-12-19)23(17-5-2-1-3-6-17)28-13-15-29(16-14-28)24(30)22-20(26)7-4-8-21(22)27/h1-12,23H,13-16H2/t23-/m1/s1. The first kappa shape index (κ1) is 20.9. The summed E-state index contributed by atoms with van der Waals surface area (Å²) in [5.74, 6) is -0.946. The molecule has 1 aliphatic rings. The second kappa shape index (κ2) is 9.17. The normalized spacial score (nSPS) is 15.8. The van der Waals surface area contributed by atoms with E-state index in [0.717, 1.165) is 5.56 Å². The molecule has 6 heteroatoms. The molecule has 3 nitrogen and oxygen atoms in total. The van der Waals surface area contributed by atoms with Gasteiger partial charge >= 0.3 is 0 Å². The van der Waals surface area contributed by atoms with Crippen LogP contribution in [0, 0.1) is 5.82 Å². The van der Waals surface area contributed by atoms with E-state index in [0.29, 0.717) is 31.2 Å². The fourth-order valence-corrected chi connectivity index (χ4v) is 4.31. The highest BCUT2D eigenvalue weighted by Gasteiger charge is 2.30. The van der Waals surface area contributed by atoms with E-state index in [1.165, 1.54) is 17.7 Å². The van der Waals surface area contributed by atoms with Gasteiger partial charge in [0.1, 0.15) is 5.82 Å². The maximum Gasteiger partial charge on any atom is 0.258 e. The van der Waals surface area contributed by atoms with Crippen molar-refractivity contribution in [3.8, 4) is 0 Å². The van der Waals surface area contributed by atoms with E-state index in [1.807, 2.05) is 42.5 Å². The van der Waals surface area contributed by atoms with Crippen molar-refractivity contribution in [2.24, 2.45) is 0 Å². The van der Waals surface area contributed by atoms with E-state index in [2.05, 4.69) is 17.0 Å². The third kappa shape index (κ3) is 4.36. The Labute approximate surface area is 185 Å². The van der Waals surface area contributed by atoms with Crippen molar-refractivity contribution in [2.45, 2.75) is 6.04 Å². The molecule has 0 aromatic heterocycles. The van der Waals surface area contributed by atoms with Gasteiger partial charge in [-0.2, -0.15) is 0 Å². The van der Waals surface area contributed by atoms with Gasteiger partial charge in [0.05, 0.1) is 16.6 Å². The van der Waals surface area contributed by atoms with Crippen molar-refractivity contribution in [1.82, 2.24) is 9.80 Å². The number of piperazine rings is 1. The molecular weight excluding hydrogens is 422 g/mol. The van der Waals surface area contributed by atoms with Crippen molar-refractivity contribution >= 4 is 29.1 Å². The van der Waals surface area contributed by atoms with Gasteiger partial charge in [-0.15, -0.1) is 0 Å². The summed E-state index contributed by atoms with van der Waals surface area (Å²) in [4.78, 5) is 16.9. The maximum absolute atomic E-state index is 14.2. The third-order valence-corrected chi connectivity index (χ3v) is 6.01. The molecule has 0 aliphatic carbocycles. The molecule has 0 N–H and O–H groups in total. The molecule has 0 bridgehead atoms. The zero-order chi connectivity index (χ0) is 21.1. The Kier molecular flexibility index (Phi) is 6.38. The zero-order valence-corrected chi connectivity index (χ0v) is 17.8. The van der Waals surface area contributed by atoms with Gasteiger partial charge in [-0.1, -0.05) is 71.7 Å². The van der Waals surface area contributed by atoms with Gasteiger partial charge in [0.25, 0.3) is 5.91 Å². The Bertz CT molecular complexity index is 999. The first-order valence-electron chi connectivity index (χ1n) is 9.82. The van der Waals surface area contributed by atoms with Crippen molar-refractivity contribution in [1.29, 1.82) is 0 Å². The van der Waals surface area contributed by atoms with Crippen LogP contribution in [0.4, 0.5) is 4.39 Å². The first-order chi connectivity index (χ1) is 14.5. The Morgan fingerprint density at radius 2 is 1.43 bits per heavy atom. The molecule has 1 amide bonds. The molecule has 1 fully saturated rings. The Hall–Kier alpha value is -2.40. The molecule has 0 saturated carbocycles. The molecule has 1 aliphatic heterocycles. The molecule has 3 aromatic rings. The number of hydrogen-bond acceptors (Lipinski definition) is 2. The van der Waals surface area contributed by atoms with Gasteiger partial charge in [-0.3, -0.25) is 9.69 Å². The van der Waals surface area contributed by atoms with Crippen LogP contribution in [0.25, 0.3) is 0 Å². The Morgan fingerprint density at radius 3 is 2.07 bits per heavy atom. The average Bonchev–Trinajstić information content (AvgIpc) is 2.76. The lowest BCUT2D eigenvalue weighted by atomic mass is 9.96. The number of benzene rings is 3. The molecule has 0 radical (unpaired) electrons. The minimum absolute atomic E-state index is 0.0510. The van der Waals surface area contributed by atoms with Crippen LogP contribution in [0.2, 0.25) is 10.0 Å². The number of nitrogens with zero attached hydrogens (tertiary/aromatic N) is 2. The summed E-state index contributed by atoms with van der Waals surface area (Å²) in [7, 11) is 0. The minimum Gasteiger partial charge on any atom is -0.336 e. The van der Waals surface area contributed by atoms with E-state index in [9.17, 15) is 9.18 Å². The van der Waals surface area contributed by atoms with Gasteiger partial charge < -0.3 is 4.90 Å². The molecule has 0 unspecified atom stereocenters. The van der Waals surface area contributed by atoms with E-state index < -0.39 is 5.82 Å². The van der Waals surface area contributed by atoms with E-state index in [4.69, 9.17) is 23.2 Å². The van der Waals surface area contributed by atoms with Crippen molar-refractivity contribution in [3.63, 3.8) is 0 Å². The molecular formula is C24H21Cl2FN2O. The topological polar surface area (TPSA) is 23.6 Å². The maximum atomic E-state index is 14.2. The number of halogens is 3. The Balaban J connectivity index is 1.54. The number of rotatable bonds is 4. The SMILES string of the molecule is O=C(c1c(F)cccc1Cl)N1CCN([C@H](c2ccccc2)c2ccc(Cl)cc2)CC1. The summed E-state index contributed by atoms with van der Waals surface area (Å²) >= 11 is 12.2. The average molecular weight is 443 g/mol. The summed E-state index contributed by atoms with van der Waals surface area (Å²) in [5.41, 5.74) is 2.27. The summed E-state index contributed by atoms with van der Waals surface area (Å²) in [6, 6.07) is 22.5. The second-order valence-electron chi connectivity index (χ2n) is 7.29. The lowest BCUT2D eigenvalue weighted by Crippen LogP contribution is -2.50. The highest BCUT2D eigenvalue weighted by Crippen LogP contribution is 2.31. The fraction of sp³-hybridized carbons (Fsp3) is 0.208. The lowest BCUT2D eigenvalue weighted by molar-refractivity contribution is 0.0593. The van der Waals surface area contributed by atoms with Crippen LogP contribution in [0.1, 0.15) is 27.5 Å². The molecule has 154 valence electrons. The van der Waals surface area contributed by atoms with Crippen molar-refractivity contribution in [2.75, 3.05) is 26.2 Å². The molecule has 1 saturated heterocycles. The van der Waals surface area contributed by atoms with Crippen molar-refractivity contribution < 1.29 is 9.18 Å². The third-order valence-electron chi connectivity index (χ3n) is 5.44. The number of carbonyl (C=O) groups is 1. The molecule has 4 rings (SSSR count). The Morgan fingerprint density at radius 1 is 0.800 bits per heavy atom. The number of hydrogen-bond donors (Lipinski definition) is 0. The summed E-state index contributed by atoms with van der Waals surface area (Å²) in [6.45, 7) is 2.33. The largest absolute Gasteiger partial charge is 0.336 e. The van der Waals surface area contributed by atoms with E-state index in [1.54, 1.807) is 11.0 Å². The van der Waals surface area contributed by atoms with Gasteiger partial charge in [0, 0.05) is 31.2 Å². The fourth-order valence-electron chi connectivity index (χ4n) is 3.94. The highest BCUT2D eigenvalue weighted by atomic mass is 35.5. The van der Waals surface area contributed by atoms with Crippen LogP contribution in [-0.4, -0.2) is 41.9 Å². The highest BCUT2D eigenvalue weighted by molar-refractivity contribution is 6.33. The van der Waals surface area contributed by atoms with Gasteiger partial charge in [0.15, 0.2) is 0 Å². The van der Waals surface area contributed by atoms with Crippen LogP contribution in [0.5, 0.6) is 0 Å². The second-order valence-corrected chi connectivity index (χ2v) is 8.13. The molecule has 30 heavy (non-hydrogen) atoms. The monoisotopic (exact) mass is 442 g/mol. The zero-order valence-electron chi connectivity index (χ0n) is 16.3. The van der Waals surface area contributed by atoms with Crippen LogP contribution in [0.15, 0.2) is 72.8 Å². The first-order valence-corrected chi connectivity index (χ1v) is 10.6. The van der Waals surface area contributed by atoms with Crippen LogP contribution >= 0.6 is 23.2 Å². The number of amides is 1. The predicted octanol–water partition coefficient (Wildman–Crippen LogP) is 5.68. The summed E-state index contributed by atoms with van der Waals surface area (Å²) < 4.78 is 14.2. The van der Waals surface area contributed by atoms with Crippen LogP contribution in [0.3, 0.4) is 0 Å². The van der Waals surface area contributed by atoms with E-state index >= 15 is 0 Å². The molecule has 0 spiro atoms. The van der Waals surface area contributed by atoms with E-state index in [-0.39, 0.29) is 22.5 Å². The summed E-state index contributed by atoms with van der Waals surface area (Å²) in [5, 5.41) is 0.841. The molecule has 1 atom stereocenters. The number of carbonyl (C=O) groups excluding carboxylic acids is 1. The predicted molar refractivity (Wildman–Crippen MR) is 119 cm³/mol. The minimum atomic E-state index is -0.585. The molecule has 3 aromatic carbocycles. The summed E-state index contributed by atoms with van der Waals surface area (Å²) in [6.07, 6.45) is 0. The van der Waals surface area contributed by atoms with Gasteiger partial charge in [-0.05, 0) is 35.4 Å². The van der Waals surface area contributed by atoms with Gasteiger partial charge in [-0.25, -0.2) is 4.39 Å². The smallest absolute Gasteiger partial charge is 0.258 e. The quantitative estimate of drug-likeness (QED) is 0.518. The lowest BCUT2D eigenvalue weighted by Gasteiger charge is -2.40. The van der Waals surface area contributed by atoms with Crippen LogP contribution < -0.4 is 0 Å².